The Labute approximate surface area is 194 Å². The number of anilines is 3. The zero-order chi connectivity index (χ0) is 23.8. The molecule has 1 fully saturated rings. The first-order valence-corrected chi connectivity index (χ1v) is 12.7. The fraction of sp³-hybridized carbons (Fsp3) is 0.478. The van der Waals surface area contributed by atoms with Crippen LogP contribution in [0.4, 0.5) is 17.3 Å². The number of aliphatic hydroxyl groups is 1. The van der Waals surface area contributed by atoms with Gasteiger partial charge in [0.05, 0.1) is 17.2 Å². The second-order valence-corrected chi connectivity index (χ2v) is 11.3. The van der Waals surface area contributed by atoms with E-state index >= 15 is 0 Å². The third-order valence-electron chi connectivity index (χ3n) is 6.08. The lowest BCUT2D eigenvalue weighted by Gasteiger charge is -2.26. The average Bonchev–Trinajstić information content (AvgIpc) is 3.20. The Balaban J connectivity index is 1.66. The number of benzene rings is 1. The van der Waals surface area contributed by atoms with E-state index in [1.54, 1.807) is 28.8 Å². The first-order chi connectivity index (χ1) is 15.6. The summed E-state index contributed by atoms with van der Waals surface area (Å²) in [6, 6.07) is 8.84. The van der Waals surface area contributed by atoms with E-state index < -0.39 is 10.0 Å². The number of aliphatic hydroxyl groups excluding tert-OH is 1. The predicted octanol–water partition coefficient (Wildman–Crippen LogP) is 3.56. The molecule has 178 valence electrons. The number of fused-ring (bicyclic) bond motifs is 1. The Hall–Kier alpha value is -2.69. The molecule has 3 N–H and O–H groups in total. The molecular weight excluding hydrogens is 440 g/mol. The molecule has 2 heterocycles. The van der Waals surface area contributed by atoms with Crippen LogP contribution in [0.15, 0.2) is 41.4 Å². The number of sulfonamides is 1. The second-order valence-electron chi connectivity index (χ2n) is 9.10. The molecule has 0 atom stereocenters. The van der Waals surface area contributed by atoms with Crippen LogP contribution in [0.5, 0.6) is 0 Å². The maximum atomic E-state index is 12.4. The minimum atomic E-state index is -3.48. The highest BCUT2D eigenvalue weighted by Gasteiger charge is 2.21. The summed E-state index contributed by atoms with van der Waals surface area (Å²) in [6.07, 6.45) is 5.00. The van der Waals surface area contributed by atoms with E-state index in [1.165, 1.54) is 18.4 Å². The van der Waals surface area contributed by atoms with Gasteiger partial charge in [-0.2, -0.15) is 9.61 Å². The van der Waals surface area contributed by atoms with E-state index in [4.69, 9.17) is 4.98 Å². The minimum Gasteiger partial charge on any atom is -0.393 e. The van der Waals surface area contributed by atoms with Gasteiger partial charge in [-0.1, -0.05) is 13.8 Å². The quantitative estimate of drug-likeness (QED) is 0.482. The predicted molar refractivity (Wildman–Crippen MR) is 130 cm³/mol. The molecule has 0 spiro atoms. The molecule has 0 bridgehead atoms. The molecule has 0 amide bonds. The van der Waals surface area contributed by atoms with Crippen molar-refractivity contribution in [2.24, 2.45) is 0 Å². The van der Waals surface area contributed by atoms with Crippen molar-refractivity contribution in [1.29, 1.82) is 0 Å². The summed E-state index contributed by atoms with van der Waals surface area (Å²) in [5.41, 5.74) is 2.57. The van der Waals surface area contributed by atoms with Gasteiger partial charge in [-0.15, -0.1) is 0 Å². The second kappa shape index (κ2) is 9.28. The van der Waals surface area contributed by atoms with E-state index in [0.717, 1.165) is 54.2 Å². The van der Waals surface area contributed by atoms with E-state index in [0.29, 0.717) is 0 Å². The molecule has 1 aliphatic rings. The van der Waals surface area contributed by atoms with E-state index in [9.17, 15) is 13.5 Å². The van der Waals surface area contributed by atoms with Crippen LogP contribution >= 0.6 is 0 Å². The Morgan fingerprint density at radius 3 is 2.39 bits per heavy atom. The van der Waals surface area contributed by atoms with E-state index in [1.807, 2.05) is 12.3 Å². The molecule has 0 radical (unpaired) electrons. The summed E-state index contributed by atoms with van der Waals surface area (Å²) in [6.45, 7) is 4.22. The van der Waals surface area contributed by atoms with Crippen LogP contribution < -0.4 is 10.6 Å². The van der Waals surface area contributed by atoms with Crippen molar-refractivity contribution in [1.82, 2.24) is 18.9 Å². The van der Waals surface area contributed by atoms with Crippen LogP contribution in [0.1, 0.15) is 51.0 Å². The maximum Gasteiger partial charge on any atom is 0.242 e. The third kappa shape index (κ3) is 4.97. The molecule has 0 unspecified atom stereocenters. The van der Waals surface area contributed by atoms with Crippen molar-refractivity contribution in [3.8, 4) is 0 Å². The summed E-state index contributed by atoms with van der Waals surface area (Å²) in [4.78, 5) is 5.08. The number of rotatable bonds is 7. The molecule has 0 aliphatic heterocycles. The van der Waals surface area contributed by atoms with Crippen molar-refractivity contribution >= 4 is 33.0 Å². The van der Waals surface area contributed by atoms with Gasteiger partial charge in [-0.3, -0.25) is 0 Å². The van der Waals surface area contributed by atoms with Crippen LogP contribution in [0.2, 0.25) is 0 Å². The molecule has 2 aromatic heterocycles. The zero-order valence-corrected chi connectivity index (χ0v) is 20.3. The Kier molecular flexibility index (Phi) is 6.60. The van der Waals surface area contributed by atoms with Gasteiger partial charge in [0.15, 0.2) is 5.65 Å². The molecule has 1 aromatic carbocycles. The summed E-state index contributed by atoms with van der Waals surface area (Å²) in [5.74, 6) is 1.74. The Morgan fingerprint density at radius 1 is 1.12 bits per heavy atom. The van der Waals surface area contributed by atoms with E-state index in [2.05, 4.69) is 29.6 Å². The summed E-state index contributed by atoms with van der Waals surface area (Å²) >= 11 is 0. The third-order valence-corrected chi connectivity index (χ3v) is 7.90. The molecule has 9 nitrogen and oxygen atoms in total. The van der Waals surface area contributed by atoms with Gasteiger partial charge >= 0.3 is 0 Å². The van der Waals surface area contributed by atoms with Gasteiger partial charge in [0, 0.05) is 37.5 Å². The van der Waals surface area contributed by atoms with E-state index in [-0.39, 0.29) is 23.0 Å². The van der Waals surface area contributed by atoms with Gasteiger partial charge in [0.25, 0.3) is 0 Å². The summed E-state index contributed by atoms with van der Waals surface area (Å²) in [7, 11) is -0.455. The highest BCUT2D eigenvalue weighted by atomic mass is 32.2. The molecule has 0 saturated heterocycles. The van der Waals surface area contributed by atoms with Crippen molar-refractivity contribution in [2.75, 3.05) is 24.7 Å². The smallest absolute Gasteiger partial charge is 0.242 e. The SMILES string of the molecule is CC(C)c1cnn2c(Nc3ccc(S(=O)(=O)N(C)C)cc3)cc(NC3CCC(O)CC3)nc12. The lowest BCUT2D eigenvalue weighted by molar-refractivity contribution is 0.126. The van der Waals surface area contributed by atoms with Crippen molar-refractivity contribution in [3.05, 3.63) is 42.1 Å². The lowest BCUT2D eigenvalue weighted by atomic mass is 9.93. The fourth-order valence-corrected chi connectivity index (χ4v) is 4.95. The van der Waals surface area contributed by atoms with Crippen LogP contribution in [0, 0.1) is 0 Å². The highest BCUT2D eigenvalue weighted by Crippen LogP contribution is 2.28. The maximum absolute atomic E-state index is 12.4. The van der Waals surface area contributed by atoms with Crippen LogP contribution in [0.3, 0.4) is 0 Å². The first-order valence-electron chi connectivity index (χ1n) is 11.3. The zero-order valence-electron chi connectivity index (χ0n) is 19.5. The molecule has 10 heteroatoms. The summed E-state index contributed by atoms with van der Waals surface area (Å²) in [5, 5.41) is 21.2. The van der Waals surface area contributed by atoms with Crippen LogP contribution in [0.25, 0.3) is 5.65 Å². The molecule has 33 heavy (non-hydrogen) atoms. The normalized spacial score (nSPS) is 19.4. The lowest BCUT2D eigenvalue weighted by Crippen LogP contribution is -2.28. The van der Waals surface area contributed by atoms with Gasteiger partial charge in [-0.05, 0) is 55.9 Å². The minimum absolute atomic E-state index is 0.211. The van der Waals surface area contributed by atoms with Crippen molar-refractivity contribution < 1.29 is 13.5 Å². The topological polar surface area (TPSA) is 112 Å². The van der Waals surface area contributed by atoms with Gasteiger partial charge in [0.1, 0.15) is 11.6 Å². The van der Waals surface area contributed by atoms with Gasteiger partial charge < -0.3 is 15.7 Å². The Bertz CT molecular complexity index is 1210. The van der Waals surface area contributed by atoms with Crippen molar-refractivity contribution in [3.63, 3.8) is 0 Å². The van der Waals surface area contributed by atoms with Gasteiger partial charge in [0.2, 0.25) is 10.0 Å². The molecule has 3 aromatic rings. The Morgan fingerprint density at radius 2 is 1.79 bits per heavy atom. The molecule has 1 aliphatic carbocycles. The van der Waals surface area contributed by atoms with Crippen LogP contribution in [-0.2, 0) is 10.0 Å². The van der Waals surface area contributed by atoms with Crippen molar-refractivity contribution in [2.45, 2.75) is 62.5 Å². The fourth-order valence-electron chi connectivity index (χ4n) is 4.05. The number of nitrogens with zero attached hydrogens (tertiary/aromatic N) is 4. The van der Waals surface area contributed by atoms with Crippen LogP contribution in [-0.4, -0.2) is 58.7 Å². The number of hydrogen-bond acceptors (Lipinski definition) is 7. The monoisotopic (exact) mass is 472 g/mol. The number of hydrogen-bond donors (Lipinski definition) is 3. The summed E-state index contributed by atoms with van der Waals surface area (Å²) < 4.78 is 27.7. The number of nitrogens with one attached hydrogen (secondary N) is 2. The molecule has 4 rings (SSSR count). The molecular formula is C23H32N6O3S. The first kappa shape index (κ1) is 23.5. The largest absolute Gasteiger partial charge is 0.393 e. The average molecular weight is 473 g/mol. The van der Waals surface area contributed by atoms with Gasteiger partial charge in [-0.25, -0.2) is 17.7 Å². The standard InChI is InChI=1S/C23H32N6O3S/c1-15(2)20-14-24-29-22(26-17-7-11-19(12-8-17)33(31,32)28(3)4)13-21(27-23(20)29)25-16-5-9-18(30)10-6-16/h7-8,11-16,18,26,30H,5-6,9-10H2,1-4H3,(H,25,27). The molecule has 1 saturated carbocycles. The number of aromatic nitrogens is 3. The highest BCUT2D eigenvalue weighted by molar-refractivity contribution is 7.89.